The molecule has 2 atom stereocenters. The van der Waals surface area contributed by atoms with Crippen LogP contribution < -0.4 is 0 Å². The molecular weight excluding hydrogens is 256 g/mol. The molecule has 1 saturated carbocycles. The third-order valence-corrected chi connectivity index (χ3v) is 6.78. The number of epoxide rings is 1. The first-order valence-electron chi connectivity index (χ1n) is 8.59. The third kappa shape index (κ3) is 1.10. The normalized spacial score (nSPS) is 34.2. The van der Waals surface area contributed by atoms with Crippen LogP contribution >= 0.6 is 0 Å². The van der Waals surface area contributed by atoms with Gasteiger partial charge in [0.15, 0.2) is 0 Å². The van der Waals surface area contributed by atoms with Crippen molar-refractivity contribution in [3.63, 3.8) is 0 Å². The number of rotatable bonds is 0. The van der Waals surface area contributed by atoms with Crippen LogP contribution in [0, 0.1) is 0 Å². The summed E-state index contributed by atoms with van der Waals surface area (Å²) in [6.45, 7) is 0. The van der Waals surface area contributed by atoms with Gasteiger partial charge in [0.2, 0.25) is 0 Å². The fourth-order valence-corrected chi connectivity index (χ4v) is 5.99. The zero-order valence-electron chi connectivity index (χ0n) is 12.3. The summed E-state index contributed by atoms with van der Waals surface area (Å²) in [6.07, 6.45) is 9.69. The number of fused-ring (bicyclic) bond motifs is 2. The lowest BCUT2D eigenvalue weighted by Gasteiger charge is -2.38. The Kier molecular flexibility index (Phi) is 1.80. The summed E-state index contributed by atoms with van der Waals surface area (Å²) in [7, 11) is 0. The second-order valence-electron chi connectivity index (χ2n) is 7.61. The van der Waals surface area contributed by atoms with Crippen molar-refractivity contribution in [3.05, 3.63) is 47.0 Å². The Morgan fingerprint density at radius 3 is 2.76 bits per heavy atom. The average Bonchev–Trinajstić information content (AvgIpc) is 3.05. The molecule has 2 spiro atoms. The predicted molar refractivity (Wildman–Crippen MR) is 83.6 cm³/mol. The van der Waals surface area contributed by atoms with Crippen molar-refractivity contribution in [2.75, 3.05) is 0 Å². The van der Waals surface area contributed by atoms with Gasteiger partial charge in [-0.3, -0.25) is 0 Å². The van der Waals surface area contributed by atoms with Gasteiger partial charge in [-0.1, -0.05) is 43.2 Å². The summed E-state index contributed by atoms with van der Waals surface area (Å²) in [6, 6.07) is 11.7. The number of hydrogen-bond acceptors (Lipinski definition) is 1. The monoisotopic (exact) mass is 276 g/mol. The van der Waals surface area contributed by atoms with Crippen LogP contribution in [0.5, 0.6) is 0 Å². The molecule has 2 aromatic carbocycles. The standard InChI is InChI=1S/C20H20O/c1-2-11-19(10-1)15-7-3-5-13-8-9-14-6-4-12-20(18(19)21-20)17(14)16(13)15/h3,5,7-9,18H,1-2,4,6,10-12H2. The Bertz CT molecular complexity index is 784. The van der Waals surface area contributed by atoms with E-state index in [1.165, 1.54) is 50.3 Å². The molecule has 1 heterocycles. The first-order valence-corrected chi connectivity index (χ1v) is 8.59. The van der Waals surface area contributed by atoms with Crippen molar-refractivity contribution in [2.45, 2.75) is 62.1 Å². The van der Waals surface area contributed by atoms with Crippen LogP contribution in [0.3, 0.4) is 0 Å². The summed E-state index contributed by atoms with van der Waals surface area (Å²) in [4.78, 5) is 0. The van der Waals surface area contributed by atoms with E-state index in [-0.39, 0.29) is 5.60 Å². The minimum absolute atomic E-state index is 0.103. The smallest absolute Gasteiger partial charge is 0.122 e. The second-order valence-corrected chi connectivity index (χ2v) is 7.61. The van der Waals surface area contributed by atoms with Crippen molar-refractivity contribution in [1.82, 2.24) is 0 Å². The van der Waals surface area contributed by atoms with E-state index in [0.717, 1.165) is 0 Å². The van der Waals surface area contributed by atoms with E-state index in [1.54, 1.807) is 22.1 Å². The van der Waals surface area contributed by atoms with E-state index in [1.807, 2.05) is 0 Å². The number of hydrogen-bond donors (Lipinski definition) is 0. The summed E-state index contributed by atoms with van der Waals surface area (Å²) < 4.78 is 6.56. The van der Waals surface area contributed by atoms with Gasteiger partial charge in [0, 0.05) is 5.41 Å². The van der Waals surface area contributed by atoms with E-state index in [4.69, 9.17) is 4.74 Å². The maximum Gasteiger partial charge on any atom is 0.122 e. The van der Waals surface area contributed by atoms with Crippen molar-refractivity contribution in [2.24, 2.45) is 0 Å². The minimum atomic E-state index is 0.103. The second kappa shape index (κ2) is 3.35. The highest BCUT2D eigenvalue weighted by Crippen LogP contribution is 2.69. The fraction of sp³-hybridized carbons (Fsp3) is 0.500. The van der Waals surface area contributed by atoms with Gasteiger partial charge in [-0.15, -0.1) is 0 Å². The first-order chi connectivity index (χ1) is 10.4. The van der Waals surface area contributed by atoms with Crippen LogP contribution in [0.15, 0.2) is 30.3 Å². The molecule has 3 aliphatic carbocycles. The Morgan fingerprint density at radius 1 is 0.952 bits per heavy atom. The molecule has 4 aliphatic rings. The molecule has 0 radical (unpaired) electrons. The molecule has 1 nitrogen and oxygen atoms in total. The zero-order valence-corrected chi connectivity index (χ0v) is 12.3. The molecule has 2 aromatic rings. The van der Waals surface area contributed by atoms with Crippen LogP contribution in [0.2, 0.25) is 0 Å². The lowest BCUT2D eigenvalue weighted by Crippen LogP contribution is -2.39. The molecule has 1 aliphatic heterocycles. The fourth-order valence-electron chi connectivity index (χ4n) is 5.99. The zero-order chi connectivity index (χ0) is 13.7. The quantitative estimate of drug-likeness (QED) is 0.641. The molecule has 2 unspecified atom stereocenters. The minimum Gasteiger partial charge on any atom is -0.360 e. The number of ether oxygens (including phenoxy) is 1. The van der Waals surface area contributed by atoms with Gasteiger partial charge in [-0.2, -0.15) is 0 Å². The van der Waals surface area contributed by atoms with Gasteiger partial charge in [0.1, 0.15) is 11.7 Å². The molecule has 1 saturated heterocycles. The van der Waals surface area contributed by atoms with Crippen molar-refractivity contribution >= 4 is 10.8 Å². The van der Waals surface area contributed by atoms with E-state index in [0.29, 0.717) is 11.5 Å². The van der Waals surface area contributed by atoms with Crippen molar-refractivity contribution in [1.29, 1.82) is 0 Å². The summed E-state index contributed by atoms with van der Waals surface area (Å²) in [5.41, 5.74) is 5.21. The molecule has 6 rings (SSSR count). The summed E-state index contributed by atoms with van der Waals surface area (Å²) in [5.74, 6) is 0. The van der Waals surface area contributed by atoms with Crippen LogP contribution in [0.25, 0.3) is 10.8 Å². The highest BCUT2D eigenvalue weighted by Gasteiger charge is 2.70. The first kappa shape index (κ1) is 11.3. The van der Waals surface area contributed by atoms with Gasteiger partial charge in [0.25, 0.3) is 0 Å². The molecule has 0 amide bonds. The summed E-state index contributed by atoms with van der Waals surface area (Å²) in [5, 5.41) is 3.01. The Labute approximate surface area is 125 Å². The average molecular weight is 276 g/mol. The van der Waals surface area contributed by atoms with Crippen LogP contribution in [-0.4, -0.2) is 6.10 Å². The molecule has 2 fully saturated rings. The largest absolute Gasteiger partial charge is 0.360 e. The highest BCUT2D eigenvalue weighted by molar-refractivity contribution is 5.94. The van der Waals surface area contributed by atoms with Gasteiger partial charge >= 0.3 is 0 Å². The van der Waals surface area contributed by atoms with Gasteiger partial charge in [-0.25, -0.2) is 0 Å². The molecule has 21 heavy (non-hydrogen) atoms. The highest BCUT2D eigenvalue weighted by atomic mass is 16.6. The summed E-state index contributed by atoms with van der Waals surface area (Å²) >= 11 is 0. The van der Waals surface area contributed by atoms with E-state index < -0.39 is 0 Å². The Hall–Kier alpha value is -1.34. The Morgan fingerprint density at radius 2 is 1.86 bits per heavy atom. The topological polar surface area (TPSA) is 12.5 Å². The Balaban J connectivity index is 1.81. The SMILES string of the molecule is c1cc2c3c4c(ccc3c1)CCCC41OC1C21CCCC1. The maximum atomic E-state index is 6.56. The molecule has 1 heteroatoms. The van der Waals surface area contributed by atoms with Gasteiger partial charge in [-0.05, 0) is 59.6 Å². The lowest BCUT2D eigenvalue weighted by molar-refractivity contribution is 0.251. The van der Waals surface area contributed by atoms with Gasteiger partial charge < -0.3 is 4.74 Å². The van der Waals surface area contributed by atoms with Crippen LogP contribution in [0.1, 0.15) is 55.2 Å². The predicted octanol–water partition coefficient (Wildman–Crippen LogP) is 4.60. The molecule has 0 aromatic heterocycles. The van der Waals surface area contributed by atoms with E-state index in [2.05, 4.69) is 30.3 Å². The molecule has 0 N–H and O–H groups in total. The van der Waals surface area contributed by atoms with E-state index in [9.17, 15) is 0 Å². The van der Waals surface area contributed by atoms with Crippen LogP contribution in [0.4, 0.5) is 0 Å². The van der Waals surface area contributed by atoms with E-state index >= 15 is 0 Å². The number of aryl methyl sites for hydroxylation is 1. The third-order valence-electron chi connectivity index (χ3n) is 6.78. The molecular formula is C20H20O. The van der Waals surface area contributed by atoms with Crippen LogP contribution in [-0.2, 0) is 22.2 Å². The molecule has 106 valence electrons. The van der Waals surface area contributed by atoms with Gasteiger partial charge in [0.05, 0.1) is 0 Å². The van der Waals surface area contributed by atoms with Crippen molar-refractivity contribution < 1.29 is 4.74 Å². The van der Waals surface area contributed by atoms with Crippen molar-refractivity contribution in [3.8, 4) is 0 Å². The molecule has 0 bridgehead atoms. The number of benzene rings is 2. The maximum absolute atomic E-state index is 6.56. The lowest BCUT2D eigenvalue weighted by atomic mass is 9.61.